The van der Waals surface area contributed by atoms with E-state index in [4.69, 9.17) is 9.40 Å². The number of hydrogen-bond acceptors (Lipinski definition) is 3. The summed E-state index contributed by atoms with van der Waals surface area (Å²) in [6.45, 7) is 2.02. The molecule has 0 N–H and O–H groups in total. The van der Waals surface area contributed by atoms with Crippen molar-refractivity contribution in [2.24, 2.45) is 0 Å². The van der Waals surface area contributed by atoms with E-state index in [1.54, 1.807) is 0 Å². The highest BCUT2D eigenvalue weighted by atomic mass is 16.3. The molecule has 0 aliphatic heterocycles. The van der Waals surface area contributed by atoms with Crippen molar-refractivity contribution in [2.75, 3.05) is 0 Å². The predicted molar refractivity (Wildman–Crippen MR) is 98.8 cm³/mol. The van der Waals surface area contributed by atoms with Crippen molar-refractivity contribution >= 4 is 22.1 Å². The molecule has 0 aliphatic carbocycles. The van der Waals surface area contributed by atoms with Crippen molar-refractivity contribution in [3.8, 4) is 17.1 Å². The Hall–Kier alpha value is -3.40. The largest absolute Gasteiger partial charge is 0.436 e. The molecule has 4 nitrogen and oxygen atoms in total. The molecule has 0 fully saturated rings. The van der Waals surface area contributed by atoms with Gasteiger partial charge in [-0.3, -0.25) is 4.57 Å². The van der Waals surface area contributed by atoms with Gasteiger partial charge < -0.3 is 4.42 Å². The Kier molecular flexibility index (Phi) is 2.97. The van der Waals surface area contributed by atoms with Crippen molar-refractivity contribution in [1.29, 1.82) is 0 Å². The van der Waals surface area contributed by atoms with Gasteiger partial charge in [-0.2, -0.15) is 0 Å². The number of para-hydroxylation sites is 3. The summed E-state index contributed by atoms with van der Waals surface area (Å²) in [5.41, 5.74) is 5.70. The SMILES string of the molecule is Cc1nc2cc(-c3nc4ccccc4o3)ccc2n1-c1ccccc1. The molecule has 2 aromatic heterocycles. The van der Waals surface area contributed by atoms with Gasteiger partial charge >= 0.3 is 0 Å². The molecule has 0 aliphatic rings. The summed E-state index contributed by atoms with van der Waals surface area (Å²) in [7, 11) is 0. The summed E-state index contributed by atoms with van der Waals surface area (Å²) in [5, 5.41) is 0. The Labute approximate surface area is 144 Å². The number of imidazole rings is 1. The minimum absolute atomic E-state index is 0.620. The van der Waals surface area contributed by atoms with Crippen LogP contribution < -0.4 is 0 Å². The van der Waals surface area contributed by atoms with Crippen molar-refractivity contribution in [1.82, 2.24) is 14.5 Å². The highest BCUT2D eigenvalue weighted by molar-refractivity contribution is 5.84. The first kappa shape index (κ1) is 14.0. The lowest BCUT2D eigenvalue weighted by Gasteiger charge is -2.06. The van der Waals surface area contributed by atoms with Crippen LogP contribution >= 0.6 is 0 Å². The second-order valence-corrected chi connectivity index (χ2v) is 6.02. The Morgan fingerprint density at radius 2 is 1.60 bits per heavy atom. The van der Waals surface area contributed by atoms with Gasteiger partial charge in [0.1, 0.15) is 11.3 Å². The maximum Gasteiger partial charge on any atom is 0.227 e. The second kappa shape index (κ2) is 5.31. The Morgan fingerprint density at radius 3 is 2.44 bits per heavy atom. The molecule has 3 aromatic carbocycles. The lowest BCUT2D eigenvalue weighted by molar-refractivity contribution is 0.620. The van der Waals surface area contributed by atoms with Crippen molar-refractivity contribution in [3.05, 3.63) is 78.6 Å². The van der Waals surface area contributed by atoms with E-state index in [0.717, 1.165) is 39.2 Å². The highest BCUT2D eigenvalue weighted by Crippen LogP contribution is 2.28. The average molecular weight is 325 g/mol. The lowest BCUT2D eigenvalue weighted by Crippen LogP contribution is -1.95. The van der Waals surface area contributed by atoms with Crippen LogP contribution in [0.4, 0.5) is 0 Å². The smallest absolute Gasteiger partial charge is 0.227 e. The number of benzene rings is 3. The van der Waals surface area contributed by atoms with Gasteiger partial charge in [0.25, 0.3) is 0 Å². The van der Waals surface area contributed by atoms with E-state index >= 15 is 0 Å². The normalized spacial score (nSPS) is 11.4. The monoisotopic (exact) mass is 325 g/mol. The van der Waals surface area contributed by atoms with Gasteiger partial charge in [-0.25, -0.2) is 9.97 Å². The van der Waals surface area contributed by atoms with Gasteiger partial charge in [0.2, 0.25) is 5.89 Å². The van der Waals surface area contributed by atoms with Crippen LogP contribution in [0.1, 0.15) is 5.82 Å². The summed E-state index contributed by atoms with van der Waals surface area (Å²) in [6.07, 6.45) is 0. The molecule has 0 atom stereocenters. The van der Waals surface area contributed by atoms with Gasteiger partial charge in [0.15, 0.2) is 5.58 Å². The van der Waals surface area contributed by atoms with Gasteiger partial charge in [-0.15, -0.1) is 0 Å². The van der Waals surface area contributed by atoms with E-state index in [1.807, 2.05) is 61.5 Å². The third-order valence-corrected chi connectivity index (χ3v) is 4.38. The third kappa shape index (κ3) is 2.22. The molecule has 0 saturated heterocycles. The maximum atomic E-state index is 5.88. The first-order valence-electron chi connectivity index (χ1n) is 8.20. The fourth-order valence-electron chi connectivity index (χ4n) is 3.23. The lowest BCUT2D eigenvalue weighted by atomic mass is 10.2. The molecule has 0 radical (unpaired) electrons. The third-order valence-electron chi connectivity index (χ3n) is 4.38. The maximum absolute atomic E-state index is 5.88. The summed E-state index contributed by atoms with van der Waals surface area (Å²) < 4.78 is 8.04. The van der Waals surface area contributed by atoms with Crippen molar-refractivity contribution < 1.29 is 4.42 Å². The molecule has 2 heterocycles. The second-order valence-electron chi connectivity index (χ2n) is 6.02. The van der Waals surface area contributed by atoms with Gasteiger partial charge in [0.05, 0.1) is 11.0 Å². The topological polar surface area (TPSA) is 43.9 Å². The van der Waals surface area contributed by atoms with E-state index < -0.39 is 0 Å². The predicted octanol–water partition coefficient (Wildman–Crippen LogP) is 5.14. The van der Waals surface area contributed by atoms with Crippen molar-refractivity contribution in [2.45, 2.75) is 6.92 Å². The Morgan fingerprint density at radius 1 is 0.800 bits per heavy atom. The quantitative estimate of drug-likeness (QED) is 0.451. The molecule has 0 saturated carbocycles. The van der Waals surface area contributed by atoms with Crippen LogP contribution in [0.2, 0.25) is 0 Å². The summed E-state index contributed by atoms with van der Waals surface area (Å²) in [6, 6.07) is 24.2. The molecule has 5 aromatic rings. The Bertz CT molecular complexity index is 1170. The molecule has 0 unspecified atom stereocenters. The van der Waals surface area contributed by atoms with Crippen LogP contribution in [-0.4, -0.2) is 14.5 Å². The zero-order valence-electron chi connectivity index (χ0n) is 13.7. The van der Waals surface area contributed by atoms with E-state index in [2.05, 4.69) is 27.8 Å². The van der Waals surface area contributed by atoms with Gasteiger partial charge in [-0.1, -0.05) is 30.3 Å². The van der Waals surface area contributed by atoms with E-state index in [9.17, 15) is 0 Å². The van der Waals surface area contributed by atoms with Crippen LogP contribution in [0.3, 0.4) is 0 Å². The molecular formula is C21H15N3O. The minimum atomic E-state index is 0.620. The number of hydrogen-bond donors (Lipinski definition) is 0. The van der Waals surface area contributed by atoms with Gasteiger partial charge in [0, 0.05) is 11.3 Å². The molecule has 0 amide bonds. The van der Waals surface area contributed by atoms with Crippen LogP contribution in [0.5, 0.6) is 0 Å². The first-order chi connectivity index (χ1) is 12.3. The summed E-state index contributed by atoms with van der Waals surface area (Å²) >= 11 is 0. The molecule has 4 heteroatoms. The first-order valence-corrected chi connectivity index (χ1v) is 8.20. The average Bonchev–Trinajstić information content (AvgIpc) is 3.21. The molecule has 5 rings (SSSR count). The summed E-state index contributed by atoms with van der Waals surface area (Å²) in [4.78, 5) is 9.30. The zero-order valence-corrected chi connectivity index (χ0v) is 13.7. The van der Waals surface area contributed by atoms with E-state index in [0.29, 0.717) is 5.89 Å². The fourth-order valence-corrected chi connectivity index (χ4v) is 3.23. The van der Waals surface area contributed by atoms with Crippen LogP contribution in [0, 0.1) is 6.92 Å². The fraction of sp³-hybridized carbons (Fsp3) is 0.0476. The molecule has 25 heavy (non-hydrogen) atoms. The number of oxazole rings is 1. The minimum Gasteiger partial charge on any atom is -0.436 e. The highest BCUT2D eigenvalue weighted by Gasteiger charge is 2.13. The number of aromatic nitrogens is 3. The summed E-state index contributed by atoms with van der Waals surface area (Å²) in [5.74, 6) is 1.57. The van der Waals surface area contributed by atoms with Crippen LogP contribution in [0.25, 0.3) is 39.3 Å². The number of fused-ring (bicyclic) bond motifs is 2. The zero-order chi connectivity index (χ0) is 16.8. The number of nitrogens with zero attached hydrogens (tertiary/aromatic N) is 3. The molecular weight excluding hydrogens is 310 g/mol. The number of aryl methyl sites for hydroxylation is 1. The number of rotatable bonds is 2. The molecule has 0 spiro atoms. The standard InChI is InChI=1S/C21H15N3O/c1-14-22-18-13-15(21-23-17-9-5-6-10-20(17)25-21)11-12-19(18)24(14)16-7-3-2-4-8-16/h2-13H,1H3. The van der Waals surface area contributed by atoms with Crippen molar-refractivity contribution in [3.63, 3.8) is 0 Å². The molecule has 120 valence electrons. The van der Waals surface area contributed by atoms with E-state index in [1.165, 1.54) is 0 Å². The van der Waals surface area contributed by atoms with Crippen LogP contribution in [0.15, 0.2) is 77.2 Å². The van der Waals surface area contributed by atoms with E-state index in [-0.39, 0.29) is 0 Å². The van der Waals surface area contributed by atoms with Crippen LogP contribution in [-0.2, 0) is 0 Å². The van der Waals surface area contributed by atoms with Gasteiger partial charge in [-0.05, 0) is 49.4 Å². The Balaban J connectivity index is 1.68. The molecule has 0 bridgehead atoms.